The molecule has 0 bridgehead atoms. The fraction of sp³-hybridized carbons (Fsp3) is 0.211. The third kappa shape index (κ3) is 4.55. The molecule has 0 aromatic heterocycles. The van der Waals surface area contributed by atoms with Crippen LogP contribution in [0.15, 0.2) is 36.4 Å². The van der Waals surface area contributed by atoms with E-state index in [0.29, 0.717) is 22.9 Å². The summed E-state index contributed by atoms with van der Waals surface area (Å²) in [4.78, 5) is 36.2. The Hall–Kier alpha value is -3.55. The number of ketones is 1. The molecule has 2 aromatic carbocycles. The number of hydrogen-bond acceptors (Lipinski definition) is 6. The average Bonchev–Trinajstić information content (AvgIpc) is 2.66. The number of Topliss-reactive ketones (excluding diaryl/α,β-unsaturated/α-hetero) is 1. The average molecular weight is 372 g/mol. The van der Waals surface area contributed by atoms with Gasteiger partial charge in [0.05, 0.1) is 32.6 Å². The van der Waals surface area contributed by atoms with E-state index in [-0.39, 0.29) is 17.2 Å². The maximum atomic E-state index is 12.5. The highest BCUT2D eigenvalue weighted by Crippen LogP contribution is 2.39. The van der Waals surface area contributed by atoms with Gasteiger partial charge in [0.15, 0.2) is 11.5 Å². The van der Waals surface area contributed by atoms with Crippen LogP contribution in [0, 0.1) is 0 Å². The van der Waals surface area contributed by atoms with Crippen LogP contribution in [0.1, 0.15) is 17.3 Å². The number of para-hydroxylation sites is 1. The van der Waals surface area contributed by atoms with E-state index in [1.54, 1.807) is 18.2 Å². The van der Waals surface area contributed by atoms with Gasteiger partial charge in [-0.05, 0) is 12.1 Å². The number of carbonyl (C=O) groups is 3. The van der Waals surface area contributed by atoms with Crippen molar-refractivity contribution in [1.29, 1.82) is 0 Å². The van der Waals surface area contributed by atoms with Crippen molar-refractivity contribution in [3.8, 4) is 17.2 Å². The monoisotopic (exact) mass is 372 g/mol. The second-order valence-electron chi connectivity index (χ2n) is 5.42. The molecule has 142 valence electrons. The molecule has 8 nitrogen and oxygen atoms in total. The highest BCUT2D eigenvalue weighted by Gasteiger charge is 2.21. The lowest BCUT2D eigenvalue weighted by atomic mass is 10.1. The van der Waals surface area contributed by atoms with Gasteiger partial charge in [-0.1, -0.05) is 12.1 Å². The molecule has 0 atom stereocenters. The molecule has 0 aliphatic rings. The predicted molar refractivity (Wildman–Crippen MR) is 99.8 cm³/mol. The lowest BCUT2D eigenvalue weighted by Gasteiger charge is -2.14. The fourth-order valence-corrected chi connectivity index (χ4v) is 2.44. The Morgan fingerprint density at radius 1 is 0.852 bits per heavy atom. The highest BCUT2D eigenvalue weighted by atomic mass is 16.5. The Bertz CT molecular complexity index is 853. The maximum absolute atomic E-state index is 12.5. The summed E-state index contributed by atoms with van der Waals surface area (Å²) in [7, 11) is 4.34. The minimum Gasteiger partial charge on any atom is -0.493 e. The number of anilines is 2. The van der Waals surface area contributed by atoms with E-state index in [0.717, 1.165) is 0 Å². The minimum absolute atomic E-state index is 0.0811. The van der Waals surface area contributed by atoms with Crippen molar-refractivity contribution in [2.75, 3.05) is 32.0 Å². The van der Waals surface area contributed by atoms with Crippen LogP contribution in [-0.4, -0.2) is 38.9 Å². The molecule has 2 rings (SSSR count). The molecule has 2 amide bonds. The first-order chi connectivity index (χ1) is 12.9. The van der Waals surface area contributed by atoms with Crippen molar-refractivity contribution < 1.29 is 28.6 Å². The first-order valence-electron chi connectivity index (χ1n) is 7.93. The van der Waals surface area contributed by atoms with E-state index in [2.05, 4.69) is 10.6 Å². The van der Waals surface area contributed by atoms with Crippen LogP contribution in [0.25, 0.3) is 0 Å². The standard InChI is InChI=1S/C19H20N2O6/c1-11(22)20-14-8-6-5-7-13(14)17(23)19(24)21-12-9-15(25-2)18(27-4)16(10-12)26-3/h5-10H,1-4H3,(H,20,22)(H,21,24). The number of benzene rings is 2. The van der Waals surface area contributed by atoms with Gasteiger partial charge in [0, 0.05) is 24.7 Å². The van der Waals surface area contributed by atoms with Gasteiger partial charge < -0.3 is 24.8 Å². The van der Waals surface area contributed by atoms with Crippen molar-refractivity contribution >= 4 is 29.0 Å². The molecular weight excluding hydrogens is 352 g/mol. The fourth-order valence-electron chi connectivity index (χ4n) is 2.44. The summed E-state index contributed by atoms with van der Waals surface area (Å²) in [6.07, 6.45) is 0. The summed E-state index contributed by atoms with van der Waals surface area (Å²) >= 11 is 0. The van der Waals surface area contributed by atoms with Gasteiger partial charge in [-0.2, -0.15) is 0 Å². The smallest absolute Gasteiger partial charge is 0.296 e. The number of nitrogens with one attached hydrogen (secondary N) is 2. The SMILES string of the molecule is COc1cc(NC(=O)C(=O)c2ccccc2NC(C)=O)cc(OC)c1OC. The van der Waals surface area contributed by atoms with Crippen LogP contribution < -0.4 is 24.8 Å². The van der Waals surface area contributed by atoms with E-state index < -0.39 is 11.7 Å². The quantitative estimate of drug-likeness (QED) is 0.572. The van der Waals surface area contributed by atoms with Gasteiger partial charge in [0.2, 0.25) is 11.7 Å². The summed E-state index contributed by atoms with van der Waals surface area (Å²) in [5, 5.41) is 5.03. The highest BCUT2D eigenvalue weighted by molar-refractivity contribution is 6.47. The third-order valence-electron chi connectivity index (χ3n) is 3.61. The second-order valence-corrected chi connectivity index (χ2v) is 5.42. The minimum atomic E-state index is -0.873. The Kier molecular flexibility index (Phi) is 6.37. The molecule has 2 aromatic rings. The number of carbonyl (C=O) groups excluding carboxylic acids is 3. The summed E-state index contributed by atoms with van der Waals surface area (Å²) < 4.78 is 15.7. The molecule has 0 fully saturated rings. The number of methoxy groups -OCH3 is 3. The van der Waals surface area contributed by atoms with Crippen LogP contribution in [0.3, 0.4) is 0 Å². The van der Waals surface area contributed by atoms with Gasteiger partial charge >= 0.3 is 0 Å². The zero-order chi connectivity index (χ0) is 20.0. The topological polar surface area (TPSA) is 103 Å². The first-order valence-corrected chi connectivity index (χ1v) is 7.93. The predicted octanol–water partition coefficient (Wildman–Crippen LogP) is 2.49. The molecule has 0 aliphatic carbocycles. The molecule has 0 radical (unpaired) electrons. The molecule has 0 saturated heterocycles. The lowest BCUT2D eigenvalue weighted by Crippen LogP contribution is -2.24. The molecule has 2 N–H and O–H groups in total. The van der Waals surface area contributed by atoms with Gasteiger partial charge in [0.1, 0.15) is 0 Å². The Labute approximate surface area is 156 Å². The molecule has 0 saturated carbocycles. The van der Waals surface area contributed by atoms with E-state index in [1.807, 2.05) is 0 Å². The number of hydrogen-bond donors (Lipinski definition) is 2. The van der Waals surface area contributed by atoms with Gasteiger partial charge in [-0.25, -0.2) is 0 Å². The van der Waals surface area contributed by atoms with Gasteiger partial charge in [-0.15, -0.1) is 0 Å². The van der Waals surface area contributed by atoms with Gasteiger partial charge in [-0.3, -0.25) is 14.4 Å². The largest absolute Gasteiger partial charge is 0.493 e. The van der Waals surface area contributed by atoms with Gasteiger partial charge in [0.25, 0.3) is 11.7 Å². The summed E-state index contributed by atoms with van der Waals surface area (Å²) in [6, 6.07) is 9.27. The van der Waals surface area contributed by atoms with Crippen molar-refractivity contribution in [2.24, 2.45) is 0 Å². The molecule has 0 aliphatic heterocycles. The van der Waals surface area contributed by atoms with E-state index >= 15 is 0 Å². The zero-order valence-corrected chi connectivity index (χ0v) is 15.4. The molecule has 0 heterocycles. The molecule has 27 heavy (non-hydrogen) atoms. The van der Waals surface area contributed by atoms with Crippen LogP contribution in [0.2, 0.25) is 0 Å². The van der Waals surface area contributed by atoms with Crippen LogP contribution in [-0.2, 0) is 9.59 Å². The zero-order valence-electron chi connectivity index (χ0n) is 15.4. The molecular formula is C19H20N2O6. The Morgan fingerprint density at radius 3 is 1.96 bits per heavy atom. The van der Waals surface area contributed by atoms with Crippen LogP contribution in [0.5, 0.6) is 17.2 Å². The normalized spacial score (nSPS) is 9.93. The molecule has 0 spiro atoms. The number of rotatable bonds is 7. The van der Waals surface area contributed by atoms with E-state index in [1.165, 1.54) is 46.5 Å². The maximum Gasteiger partial charge on any atom is 0.296 e. The number of ether oxygens (including phenoxy) is 3. The van der Waals surface area contributed by atoms with Crippen molar-refractivity contribution in [1.82, 2.24) is 0 Å². The third-order valence-corrected chi connectivity index (χ3v) is 3.61. The van der Waals surface area contributed by atoms with Crippen molar-refractivity contribution in [2.45, 2.75) is 6.92 Å². The second kappa shape index (κ2) is 8.70. The first kappa shape index (κ1) is 19.8. The lowest BCUT2D eigenvalue weighted by molar-refractivity contribution is -0.114. The molecule has 8 heteroatoms. The molecule has 0 unspecified atom stereocenters. The summed E-state index contributed by atoms with van der Waals surface area (Å²) in [6.45, 7) is 1.32. The summed E-state index contributed by atoms with van der Waals surface area (Å²) in [5.74, 6) is -0.993. The van der Waals surface area contributed by atoms with Crippen LogP contribution >= 0.6 is 0 Å². The van der Waals surface area contributed by atoms with E-state index in [9.17, 15) is 14.4 Å². The number of amides is 2. The Morgan fingerprint density at radius 2 is 1.44 bits per heavy atom. The summed E-state index contributed by atoms with van der Waals surface area (Å²) in [5.41, 5.74) is 0.632. The Balaban J connectivity index is 2.30. The van der Waals surface area contributed by atoms with Crippen molar-refractivity contribution in [3.05, 3.63) is 42.0 Å². The van der Waals surface area contributed by atoms with Crippen LogP contribution in [0.4, 0.5) is 11.4 Å². The van der Waals surface area contributed by atoms with E-state index in [4.69, 9.17) is 14.2 Å². The van der Waals surface area contributed by atoms with Crippen molar-refractivity contribution in [3.63, 3.8) is 0 Å².